The van der Waals surface area contributed by atoms with Gasteiger partial charge in [-0.15, -0.1) is 0 Å². The van der Waals surface area contributed by atoms with Gasteiger partial charge in [-0.05, 0) is 54.5 Å². The van der Waals surface area contributed by atoms with E-state index in [9.17, 15) is 19.5 Å². The summed E-state index contributed by atoms with van der Waals surface area (Å²) >= 11 is 3.42. The predicted octanol–water partition coefficient (Wildman–Crippen LogP) is 2.55. The molecule has 0 aromatic carbocycles. The van der Waals surface area contributed by atoms with Crippen LogP contribution in [-0.2, 0) is 16.6 Å². The van der Waals surface area contributed by atoms with Crippen LogP contribution in [-0.4, -0.2) is 45.1 Å². The van der Waals surface area contributed by atoms with E-state index in [1.54, 1.807) is 18.1 Å². The van der Waals surface area contributed by atoms with Crippen molar-refractivity contribution in [2.24, 2.45) is 12.5 Å². The third-order valence-electron chi connectivity index (χ3n) is 5.61. The normalized spacial score (nSPS) is 23.5. The number of nitrogens with zero attached hydrogens (tertiary/aromatic N) is 2. The summed E-state index contributed by atoms with van der Waals surface area (Å²) in [4.78, 5) is 37.4. The molecule has 0 spiro atoms. The Kier molecular flexibility index (Phi) is 5.65. The maximum absolute atomic E-state index is 12.7. The second kappa shape index (κ2) is 7.66. The summed E-state index contributed by atoms with van der Waals surface area (Å²) in [6.45, 7) is 1.66. The van der Waals surface area contributed by atoms with E-state index in [0.717, 1.165) is 17.3 Å². The fraction of sp³-hybridized carbons (Fsp3) is 0.632. The molecule has 2 saturated carbocycles. The van der Waals surface area contributed by atoms with E-state index in [4.69, 9.17) is 4.74 Å². The number of aryl methyl sites for hydroxylation is 1. The highest BCUT2D eigenvalue weighted by molar-refractivity contribution is 9.10. The van der Waals surface area contributed by atoms with Crippen molar-refractivity contribution in [3.05, 3.63) is 27.1 Å². The van der Waals surface area contributed by atoms with Gasteiger partial charge in [-0.25, -0.2) is 0 Å². The molecule has 1 aromatic rings. The molecule has 27 heavy (non-hydrogen) atoms. The number of rotatable bonds is 6. The molecule has 3 rings (SSSR count). The molecule has 148 valence electrons. The number of carboxylic acids is 1. The van der Waals surface area contributed by atoms with Crippen molar-refractivity contribution in [3.8, 4) is 5.75 Å². The van der Waals surface area contributed by atoms with E-state index < -0.39 is 5.97 Å². The molecule has 2 aliphatic carbocycles. The zero-order chi connectivity index (χ0) is 19.8. The van der Waals surface area contributed by atoms with Crippen LogP contribution in [0.3, 0.4) is 0 Å². The number of carboxylic acid groups (broad SMARTS) is 1. The van der Waals surface area contributed by atoms with Crippen LogP contribution in [0, 0.1) is 5.41 Å². The Morgan fingerprint density at radius 1 is 1.33 bits per heavy atom. The lowest BCUT2D eigenvalue weighted by atomic mass is 9.90. The summed E-state index contributed by atoms with van der Waals surface area (Å²) in [6.07, 6.45) is 6.10. The number of pyridine rings is 1. The molecule has 0 radical (unpaired) electrons. The van der Waals surface area contributed by atoms with Gasteiger partial charge in [0.2, 0.25) is 5.91 Å². The van der Waals surface area contributed by atoms with Gasteiger partial charge in [-0.1, -0.05) is 6.92 Å². The van der Waals surface area contributed by atoms with Gasteiger partial charge in [0, 0.05) is 30.8 Å². The van der Waals surface area contributed by atoms with Gasteiger partial charge in [0.1, 0.15) is 12.3 Å². The first-order valence-corrected chi connectivity index (χ1v) is 10.0. The lowest BCUT2D eigenvalue weighted by Gasteiger charge is -2.37. The van der Waals surface area contributed by atoms with Crippen molar-refractivity contribution >= 4 is 27.8 Å². The highest BCUT2D eigenvalue weighted by atomic mass is 79.9. The highest BCUT2D eigenvalue weighted by Gasteiger charge is 2.49. The molecule has 1 amide bonds. The molecule has 0 aliphatic heterocycles. The van der Waals surface area contributed by atoms with Gasteiger partial charge in [0.15, 0.2) is 0 Å². The second-order valence-corrected chi connectivity index (χ2v) is 8.72. The zero-order valence-electron chi connectivity index (χ0n) is 15.6. The SMILES string of the molecule is Cn1cc(Br)c(OC2CCC(N(CC(=O)O)C(=O)C3(C)CC3)CC2)cc1=O. The lowest BCUT2D eigenvalue weighted by molar-refractivity contribution is -0.149. The maximum Gasteiger partial charge on any atom is 0.323 e. The van der Waals surface area contributed by atoms with E-state index >= 15 is 0 Å². The van der Waals surface area contributed by atoms with E-state index in [2.05, 4.69) is 15.9 Å². The summed E-state index contributed by atoms with van der Waals surface area (Å²) in [6, 6.07) is 1.39. The molecule has 7 nitrogen and oxygen atoms in total. The number of hydrogen-bond donors (Lipinski definition) is 1. The van der Waals surface area contributed by atoms with E-state index in [-0.39, 0.29) is 35.6 Å². The topological polar surface area (TPSA) is 88.8 Å². The Balaban J connectivity index is 1.63. The Hall–Kier alpha value is -1.83. The number of halogens is 1. The van der Waals surface area contributed by atoms with Crippen LogP contribution in [0.5, 0.6) is 5.75 Å². The number of aliphatic carboxylic acids is 1. The third kappa shape index (κ3) is 4.54. The monoisotopic (exact) mass is 440 g/mol. The number of carbonyl (C=O) groups excluding carboxylic acids is 1. The Labute approximate surface area is 166 Å². The molecule has 2 fully saturated rings. The molecule has 1 heterocycles. The van der Waals surface area contributed by atoms with Crippen LogP contribution in [0.4, 0.5) is 0 Å². The molecule has 0 saturated heterocycles. The van der Waals surface area contributed by atoms with Gasteiger partial charge in [0.25, 0.3) is 5.56 Å². The minimum Gasteiger partial charge on any atom is -0.489 e. The number of aromatic nitrogens is 1. The lowest BCUT2D eigenvalue weighted by Crippen LogP contribution is -2.48. The van der Waals surface area contributed by atoms with Crippen molar-refractivity contribution in [3.63, 3.8) is 0 Å². The predicted molar refractivity (Wildman–Crippen MR) is 103 cm³/mol. The molecule has 0 unspecified atom stereocenters. The van der Waals surface area contributed by atoms with Crippen molar-refractivity contribution < 1.29 is 19.4 Å². The molecular formula is C19H25BrN2O5. The van der Waals surface area contributed by atoms with Crippen molar-refractivity contribution in [1.29, 1.82) is 0 Å². The molecule has 0 atom stereocenters. The summed E-state index contributed by atoms with van der Waals surface area (Å²) in [7, 11) is 1.68. The van der Waals surface area contributed by atoms with Crippen molar-refractivity contribution in [2.75, 3.05) is 6.54 Å². The molecule has 2 aliphatic rings. The summed E-state index contributed by atoms with van der Waals surface area (Å²) < 4.78 is 8.18. The minimum absolute atomic E-state index is 0.0384. The third-order valence-corrected chi connectivity index (χ3v) is 6.20. The number of carbonyl (C=O) groups is 2. The van der Waals surface area contributed by atoms with Crippen molar-refractivity contribution in [2.45, 2.75) is 57.6 Å². The van der Waals surface area contributed by atoms with Crippen LogP contribution in [0.2, 0.25) is 0 Å². The highest BCUT2D eigenvalue weighted by Crippen LogP contribution is 2.47. The smallest absolute Gasteiger partial charge is 0.323 e. The molecule has 1 N–H and O–H groups in total. The van der Waals surface area contributed by atoms with Crippen LogP contribution in [0.25, 0.3) is 0 Å². The fourth-order valence-corrected chi connectivity index (χ4v) is 4.10. The number of amides is 1. The van der Waals surface area contributed by atoms with Crippen molar-refractivity contribution in [1.82, 2.24) is 9.47 Å². The molecule has 0 bridgehead atoms. The average Bonchev–Trinajstić information content (AvgIpc) is 3.36. The minimum atomic E-state index is -0.977. The van der Waals surface area contributed by atoms with Crippen LogP contribution in [0.1, 0.15) is 45.4 Å². The van der Waals surface area contributed by atoms with Gasteiger partial charge in [-0.3, -0.25) is 14.4 Å². The Bertz CT molecular complexity index is 794. The van der Waals surface area contributed by atoms with Gasteiger partial charge < -0.3 is 19.3 Å². The van der Waals surface area contributed by atoms with Crippen LogP contribution >= 0.6 is 15.9 Å². The summed E-state index contributed by atoms with van der Waals surface area (Å²) in [5, 5.41) is 9.22. The van der Waals surface area contributed by atoms with Crippen LogP contribution < -0.4 is 10.3 Å². The largest absolute Gasteiger partial charge is 0.489 e. The standard InChI is InChI=1S/C19H25BrN2O5/c1-19(7-8-19)18(26)22(11-17(24)25)12-3-5-13(6-4-12)27-15-9-16(23)21(2)10-14(15)20/h9-10,12-13H,3-8,11H2,1-2H3,(H,24,25). The number of hydrogen-bond acceptors (Lipinski definition) is 4. The first-order chi connectivity index (χ1) is 12.7. The van der Waals surface area contributed by atoms with Gasteiger partial charge in [0.05, 0.1) is 10.6 Å². The second-order valence-electron chi connectivity index (χ2n) is 7.87. The van der Waals surface area contributed by atoms with Gasteiger partial charge >= 0.3 is 5.97 Å². The molecule has 8 heteroatoms. The zero-order valence-corrected chi connectivity index (χ0v) is 17.2. The fourth-order valence-electron chi connectivity index (χ4n) is 3.59. The van der Waals surface area contributed by atoms with Gasteiger partial charge in [-0.2, -0.15) is 0 Å². The quantitative estimate of drug-likeness (QED) is 0.733. The number of ether oxygens (including phenoxy) is 1. The maximum atomic E-state index is 12.7. The first kappa shape index (κ1) is 19.9. The molecular weight excluding hydrogens is 416 g/mol. The summed E-state index contributed by atoms with van der Waals surface area (Å²) in [5.74, 6) is -0.496. The summed E-state index contributed by atoms with van der Waals surface area (Å²) in [5.41, 5.74) is -0.518. The molecule has 1 aromatic heterocycles. The van der Waals surface area contributed by atoms with E-state index in [0.29, 0.717) is 31.4 Å². The Morgan fingerprint density at radius 2 is 1.96 bits per heavy atom. The van der Waals surface area contributed by atoms with E-state index in [1.807, 2.05) is 6.92 Å². The Morgan fingerprint density at radius 3 is 2.52 bits per heavy atom. The van der Waals surface area contributed by atoms with E-state index in [1.165, 1.54) is 10.6 Å². The average molecular weight is 441 g/mol. The first-order valence-electron chi connectivity index (χ1n) is 9.25. The van der Waals surface area contributed by atoms with Crippen LogP contribution in [0.15, 0.2) is 21.5 Å².